The van der Waals surface area contributed by atoms with Gasteiger partial charge in [-0.1, -0.05) is 0 Å². The van der Waals surface area contributed by atoms with E-state index in [-0.39, 0.29) is 40.7 Å². The van der Waals surface area contributed by atoms with E-state index < -0.39 is 22.9 Å². The molecular formula is C42H64Cl2HfP2. The maximum atomic E-state index is 2.75. The quantitative estimate of drug-likeness (QED) is 0.0564. The molecule has 2 aliphatic carbocycles. The topological polar surface area (TPSA) is 0 Å². The van der Waals surface area contributed by atoms with Crippen LogP contribution in [-0.4, -0.2) is 24.6 Å². The van der Waals surface area contributed by atoms with Crippen molar-refractivity contribution < 1.29 is 47.7 Å². The summed E-state index contributed by atoms with van der Waals surface area (Å²) in [6.07, 6.45) is 33.9. The van der Waals surface area contributed by atoms with Crippen molar-refractivity contribution in [3.8, 4) is 0 Å². The molecule has 4 rings (SSSR count). The van der Waals surface area contributed by atoms with Crippen LogP contribution in [0.25, 0.3) is 12.2 Å². The molecule has 0 bridgehead atoms. The zero-order chi connectivity index (χ0) is 31.7. The van der Waals surface area contributed by atoms with Crippen LogP contribution in [0.15, 0.2) is 59.2 Å². The van der Waals surface area contributed by atoms with Crippen LogP contribution < -0.4 is 24.8 Å². The van der Waals surface area contributed by atoms with Crippen LogP contribution >= 0.6 is 15.8 Å². The molecule has 0 radical (unpaired) electrons. The first-order valence-electron chi connectivity index (χ1n) is 19.1. The minimum Gasteiger partial charge on any atom is -1.00 e. The fourth-order valence-corrected chi connectivity index (χ4v) is 24.2. The van der Waals surface area contributed by atoms with Gasteiger partial charge in [-0.3, -0.25) is 0 Å². The van der Waals surface area contributed by atoms with Gasteiger partial charge in [0.05, 0.1) is 0 Å². The summed E-state index contributed by atoms with van der Waals surface area (Å²) in [6.45, 7) is 9.45. The number of halogens is 2. The molecule has 0 saturated carbocycles. The van der Waals surface area contributed by atoms with Crippen molar-refractivity contribution >= 4 is 28.0 Å². The molecule has 0 nitrogen and oxygen atoms in total. The molecule has 2 aromatic carbocycles. The molecule has 0 spiro atoms. The molecule has 2 aliphatic rings. The molecule has 2 unspecified atom stereocenters. The maximum Gasteiger partial charge on any atom is -1.00 e. The fraction of sp³-hybridized carbons (Fsp3) is 0.619. The first-order valence-corrected chi connectivity index (χ1v) is 26.7. The van der Waals surface area contributed by atoms with E-state index in [0.29, 0.717) is 0 Å². The average molecular weight is 880 g/mol. The van der Waals surface area contributed by atoms with Gasteiger partial charge in [0.2, 0.25) is 0 Å². The first kappa shape index (κ1) is 43.4. The number of benzene rings is 2. The molecule has 0 amide bonds. The molecule has 0 saturated heterocycles. The summed E-state index contributed by atoms with van der Waals surface area (Å²) in [6, 6.07) is 19.3. The second-order valence-electron chi connectivity index (χ2n) is 13.6. The Bertz CT molecular complexity index is 1080. The molecule has 47 heavy (non-hydrogen) atoms. The number of hydrogen-bond donors (Lipinski definition) is 0. The second-order valence-corrected chi connectivity index (χ2v) is 24.0. The van der Waals surface area contributed by atoms with E-state index in [1.807, 2.05) is 10.6 Å². The molecule has 0 aromatic heterocycles. The third-order valence-corrected chi connectivity index (χ3v) is 24.3. The van der Waals surface area contributed by atoms with Crippen LogP contribution in [0.3, 0.4) is 0 Å². The van der Waals surface area contributed by atoms with Gasteiger partial charge in [0.15, 0.2) is 0 Å². The predicted octanol–water partition coefficient (Wildman–Crippen LogP) is 8.55. The third-order valence-electron chi connectivity index (χ3n) is 10.0. The third kappa shape index (κ3) is 13.4. The minimum absolute atomic E-state index is 0. The molecule has 0 N–H and O–H groups in total. The minimum atomic E-state index is -1.17. The number of fused-ring (bicyclic) bond motifs is 2. The van der Waals surface area contributed by atoms with Crippen molar-refractivity contribution in [1.29, 1.82) is 0 Å². The number of hydrogen-bond acceptors (Lipinski definition) is 0. The zero-order valence-electron chi connectivity index (χ0n) is 30.2. The largest absolute Gasteiger partial charge is 1.00 e. The van der Waals surface area contributed by atoms with E-state index in [0.717, 1.165) is 7.35 Å². The van der Waals surface area contributed by atoms with E-state index in [2.05, 4.69) is 88.4 Å². The fourth-order valence-electron chi connectivity index (χ4n) is 7.34. The Hall–Kier alpha value is 0.230. The average Bonchev–Trinajstić information content (AvgIpc) is 3.62. The first-order chi connectivity index (χ1) is 22.2. The summed E-state index contributed by atoms with van der Waals surface area (Å²) < 4.78 is 1.59. The van der Waals surface area contributed by atoms with Crippen molar-refractivity contribution in [2.24, 2.45) is 0 Å². The standard InChI is InChI=1S/2C21H32P.2ClH.Hf/c2*1-3-5-7-11-15-22(16-12-8-6-4-2)21-17-19-13-9-10-14-20(19)18-21;;;/h2*9-10,13-14,17-18H,3-8,11-12,15-16H2,1-2H3;2*1H;/q;;;;+2/p-2. The smallest absolute Gasteiger partial charge is 1.00 e. The van der Waals surface area contributed by atoms with Gasteiger partial charge < -0.3 is 24.8 Å². The van der Waals surface area contributed by atoms with Crippen LogP contribution in [0.1, 0.15) is 160 Å². The summed E-state index contributed by atoms with van der Waals surface area (Å²) in [5, 5.41) is 3.89. The summed E-state index contributed by atoms with van der Waals surface area (Å²) in [7, 11) is -0.0591. The summed E-state index contributed by atoms with van der Waals surface area (Å²) in [4.78, 5) is 0. The number of rotatable bonds is 24. The molecule has 2 atom stereocenters. The Morgan fingerprint density at radius 3 is 1.09 bits per heavy atom. The Morgan fingerprint density at radius 1 is 0.447 bits per heavy atom. The van der Waals surface area contributed by atoms with Crippen molar-refractivity contribution in [3.05, 3.63) is 81.4 Å². The summed E-state index contributed by atoms with van der Waals surface area (Å²) in [5.41, 5.74) is 6.62. The van der Waals surface area contributed by atoms with Crippen LogP contribution in [0, 0.1) is 0 Å². The van der Waals surface area contributed by atoms with Crippen molar-refractivity contribution in [2.45, 2.75) is 138 Å². The number of allylic oxidation sites excluding steroid dienone is 2. The SMILES string of the molecule is CCCCCCP(CCCCCC)C1=Cc2ccccc2[CH]1[Hf+2][CH]1C(P(CCCCCC)CCCCCC)=Cc2ccccc21.[Cl-].[Cl-]. The number of unbranched alkanes of at least 4 members (excludes halogenated alkanes) is 12. The van der Waals surface area contributed by atoms with Crippen LogP contribution in [0.5, 0.6) is 0 Å². The molecule has 0 aliphatic heterocycles. The van der Waals surface area contributed by atoms with E-state index in [1.54, 1.807) is 22.3 Å². The maximum absolute atomic E-state index is 2.75. The van der Waals surface area contributed by atoms with E-state index in [1.165, 1.54) is 127 Å². The van der Waals surface area contributed by atoms with Crippen LogP contribution in [0.4, 0.5) is 0 Å². The van der Waals surface area contributed by atoms with E-state index >= 15 is 0 Å². The molecular weight excluding hydrogens is 816 g/mol. The summed E-state index contributed by atoms with van der Waals surface area (Å²) in [5.74, 6) is 0. The van der Waals surface area contributed by atoms with Crippen molar-refractivity contribution in [1.82, 2.24) is 0 Å². The van der Waals surface area contributed by atoms with Gasteiger partial charge in [-0.25, -0.2) is 0 Å². The predicted molar refractivity (Wildman–Crippen MR) is 204 cm³/mol. The van der Waals surface area contributed by atoms with Gasteiger partial charge in [-0.05, 0) is 0 Å². The second kappa shape index (κ2) is 25.2. The Kier molecular flexibility index (Phi) is 23.3. The zero-order valence-corrected chi connectivity index (χ0v) is 37.1. The Morgan fingerprint density at radius 2 is 0.766 bits per heavy atom. The van der Waals surface area contributed by atoms with Crippen LogP contribution in [-0.2, 0) is 22.9 Å². The van der Waals surface area contributed by atoms with Crippen molar-refractivity contribution in [3.63, 3.8) is 0 Å². The molecule has 5 heteroatoms. The normalized spacial score (nSPS) is 16.3. The van der Waals surface area contributed by atoms with E-state index in [9.17, 15) is 0 Å². The molecule has 2 aromatic rings. The Labute approximate surface area is 317 Å². The van der Waals surface area contributed by atoms with Gasteiger partial charge in [-0.15, -0.1) is 0 Å². The monoisotopic (exact) mass is 880 g/mol. The van der Waals surface area contributed by atoms with Gasteiger partial charge in [0, 0.05) is 0 Å². The summed E-state index contributed by atoms with van der Waals surface area (Å²) >= 11 is -1.17. The van der Waals surface area contributed by atoms with E-state index in [4.69, 9.17) is 0 Å². The van der Waals surface area contributed by atoms with Gasteiger partial charge in [-0.2, -0.15) is 0 Å². The van der Waals surface area contributed by atoms with Gasteiger partial charge in [0.25, 0.3) is 0 Å². The van der Waals surface area contributed by atoms with Gasteiger partial charge in [0.1, 0.15) is 0 Å². The molecule has 0 fully saturated rings. The molecule has 0 heterocycles. The van der Waals surface area contributed by atoms with Crippen LogP contribution in [0.2, 0.25) is 0 Å². The van der Waals surface area contributed by atoms with Crippen molar-refractivity contribution in [2.75, 3.05) is 24.6 Å². The van der Waals surface area contributed by atoms with Gasteiger partial charge >= 0.3 is 295 Å². The molecule has 260 valence electrons. The Balaban J connectivity index is 0.00000384.